The van der Waals surface area contributed by atoms with Crippen LogP contribution < -0.4 is 0 Å². The molecule has 0 bridgehead atoms. The van der Waals surface area contributed by atoms with E-state index in [4.69, 9.17) is 9.97 Å². The third-order valence-corrected chi connectivity index (χ3v) is 6.40. The van der Waals surface area contributed by atoms with Crippen LogP contribution in [0.4, 0.5) is 0 Å². The van der Waals surface area contributed by atoms with Crippen LogP contribution in [-0.4, -0.2) is 19.5 Å². The lowest BCUT2D eigenvalue weighted by Crippen LogP contribution is -1.97. The van der Waals surface area contributed by atoms with E-state index in [9.17, 15) is 0 Å². The maximum atomic E-state index is 4.76. The van der Waals surface area contributed by atoms with Crippen LogP contribution in [0.5, 0.6) is 0 Å². The van der Waals surface area contributed by atoms with Gasteiger partial charge >= 0.3 is 0 Å². The fraction of sp³-hybridized carbons (Fsp3) is 0.278. The van der Waals surface area contributed by atoms with Gasteiger partial charge in [-0.15, -0.1) is 11.3 Å². The molecule has 0 spiro atoms. The Morgan fingerprint density at radius 2 is 1.88 bits per heavy atom. The monoisotopic (exact) mass is 354 g/mol. The largest absolute Gasteiger partial charge is 0.330 e. The molecule has 0 atom stereocenters. The smallest absolute Gasteiger partial charge is 0.128 e. The van der Waals surface area contributed by atoms with Gasteiger partial charge in [0.1, 0.15) is 21.5 Å². The zero-order valence-corrected chi connectivity index (χ0v) is 15.8. The molecule has 122 valence electrons. The average molecular weight is 355 g/mol. The van der Waals surface area contributed by atoms with Crippen LogP contribution in [0.3, 0.4) is 0 Å². The lowest BCUT2D eigenvalue weighted by atomic mass is 10.2. The summed E-state index contributed by atoms with van der Waals surface area (Å²) in [5.41, 5.74) is 3.50. The molecular formula is C18H18N4S2. The SMILES string of the molecule is Cc1nc(SCc2nc3ccccc3n2C)c2c(C)c(C)sc2n1. The molecule has 4 aromatic rings. The summed E-state index contributed by atoms with van der Waals surface area (Å²) in [6.07, 6.45) is 0. The highest BCUT2D eigenvalue weighted by molar-refractivity contribution is 7.98. The Hall–Kier alpha value is -1.92. The van der Waals surface area contributed by atoms with Gasteiger partial charge in [0.25, 0.3) is 0 Å². The predicted octanol–water partition coefficient (Wildman–Crippen LogP) is 4.80. The number of thiophene rings is 1. The Morgan fingerprint density at radius 3 is 2.67 bits per heavy atom. The normalized spacial score (nSPS) is 11.7. The van der Waals surface area contributed by atoms with Gasteiger partial charge in [-0.25, -0.2) is 15.0 Å². The van der Waals surface area contributed by atoms with Crippen LogP contribution in [0, 0.1) is 20.8 Å². The number of hydrogen-bond donors (Lipinski definition) is 0. The minimum absolute atomic E-state index is 0.797. The highest BCUT2D eigenvalue weighted by Crippen LogP contribution is 2.36. The van der Waals surface area contributed by atoms with Crippen LogP contribution in [-0.2, 0) is 12.8 Å². The number of hydrogen-bond acceptors (Lipinski definition) is 5. The summed E-state index contributed by atoms with van der Waals surface area (Å²) < 4.78 is 2.17. The fourth-order valence-corrected chi connectivity index (χ4v) is 5.13. The van der Waals surface area contributed by atoms with Crippen molar-refractivity contribution >= 4 is 44.3 Å². The number of nitrogens with zero attached hydrogens (tertiary/aromatic N) is 4. The van der Waals surface area contributed by atoms with Crippen molar-refractivity contribution in [3.63, 3.8) is 0 Å². The van der Waals surface area contributed by atoms with Crippen LogP contribution >= 0.6 is 23.1 Å². The molecule has 6 heteroatoms. The summed E-state index contributed by atoms with van der Waals surface area (Å²) in [6.45, 7) is 6.27. The van der Waals surface area contributed by atoms with Crippen LogP contribution in [0.2, 0.25) is 0 Å². The standard InChI is InChI=1S/C18H18N4S2/c1-10-11(2)24-18-16(10)17(19-12(3)20-18)23-9-15-21-13-7-5-6-8-14(13)22(15)4/h5-8H,9H2,1-4H3. The van der Waals surface area contributed by atoms with Crippen molar-refractivity contribution < 1.29 is 0 Å². The van der Waals surface area contributed by atoms with Gasteiger partial charge in [-0.3, -0.25) is 0 Å². The molecule has 4 rings (SSSR count). The molecule has 3 heterocycles. The van der Waals surface area contributed by atoms with Gasteiger partial charge in [-0.2, -0.15) is 0 Å². The van der Waals surface area contributed by atoms with Crippen molar-refractivity contribution in [1.82, 2.24) is 19.5 Å². The van der Waals surface area contributed by atoms with Crippen molar-refractivity contribution in [2.24, 2.45) is 7.05 Å². The number of aryl methyl sites for hydroxylation is 4. The first-order valence-electron chi connectivity index (χ1n) is 7.82. The number of para-hydroxylation sites is 2. The summed E-state index contributed by atoms with van der Waals surface area (Å²) >= 11 is 3.50. The van der Waals surface area contributed by atoms with E-state index in [1.165, 1.54) is 21.3 Å². The van der Waals surface area contributed by atoms with E-state index in [0.717, 1.165) is 32.8 Å². The minimum atomic E-state index is 0.797. The van der Waals surface area contributed by atoms with Crippen molar-refractivity contribution in [3.05, 3.63) is 46.4 Å². The van der Waals surface area contributed by atoms with E-state index in [1.807, 2.05) is 13.0 Å². The quantitative estimate of drug-likeness (QED) is 0.392. The van der Waals surface area contributed by atoms with E-state index in [2.05, 4.69) is 48.6 Å². The van der Waals surface area contributed by atoms with Crippen molar-refractivity contribution in [2.45, 2.75) is 31.6 Å². The summed E-state index contributed by atoms with van der Waals surface area (Å²) in [5, 5.41) is 2.26. The Kier molecular flexibility index (Phi) is 3.81. The molecule has 0 saturated heterocycles. The Labute approximate surface area is 149 Å². The van der Waals surface area contributed by atoms with Crippen LogP contribution in [0.25, 0.3) is 21.3 Å². The molecule has 0 N–H and O–H groups in total. The van der Waals surface area contributed by atoms with Crippen molar-refractivity contribution in [2.75, 3.05) is 0 Å². The number of rotatable bonds is 3. The molecule has 0 aliphatic carbocycles. The molecule has 3 aromatic heterocycles. The van der Waals surface area contributed by atoms with Gasteiger partial charge in [0.2, 0.25) is 0 Å². The van der Waals surface area contributed by atoms with Gasteiger partial charge in [0, 0.05) is 17.3 Å². The maximum Gasteiger partial charge on any atom is 0.128 e. The first-order chi connectivity index (χ1) is 11.5. The first-order valence-corrected chi connectivity index (χ1v) is 9.62. The third-order valence-electron chi connectivity index (χ3n) is 4.33. The number of thioether (sulfide) groups is 1. The Bertz CT molecular complexity index is 1060. The molecule has 24 heavy (non-hydrogen) atoms. The summed E-state index contributed by atoms with van der Waals surface area (Å²) in [5.74, 6) is 2.69. The average Bonchev–Trinajstić information content (AvgIpc) is 3.03. The molecular weight excluding hydrogens is 336 g/mol. The van der Waals surface area contributed by atoms with E-state index in [-0.39, 0.29) is 0 Å². The third kappa shape index (κ3) is 2.50. The lowest BCUT2D eigenvalue weighted by Gasteiger charge is -2.05. The molecule has 1 aromatic carbocycles. The van der Waals surface area contributed by atoms with E-state index in [0.29, 0.717) is 0 Å². The fourth-order valence-electron chi connectivity index (χ4n) is 2.88. The summed E-state index contributed by atoms with van der Waals surface area (Å²) in [7, 11) is 2.08. The molecule has 0 fully saturated rings. The molecule has 4 nitrogen and oxygen atoms in total. The van der Waals surface area contributed by atoms with Gasteiger partial charge in [-0.05, 0) is 38.5 Å². The molecule has 0 radical (unpaired) electrons. The zero-order chi connectivity index (χ0) is 16.8. The topological polar surface area (TPSA) is 43.6 Å². The minimum Gasteiger partial charge on any atom is -0.330 e. The molecule has 0 amide bonds. The molecule has 0 saturated carbocycles. The van der Waals surface area contributed by atoms with Gasteiger partial charge in [0.15, 0.2) is 0 Å². The van der Waals surface area contributed by atoms with Gasteiger partial charge < -0.3 is 4.57 Å². The summed E-state index contributed by atoms with van der Waals surface area (Å²) in [4.78, 5) is 16.5. The van der Waals surface area contributed by atoms with Crippen molar-refractivity contribution in [1.29, 1.82) is 0 Å². The van der Waals surface area contributed by atoms with E-state index in [1.54, 1.807) is 23.1 Å². The number of fused-ring (bicyclic) bond motifs is 2. The van der Waals surface area contributed by atoms with E-state index >= 15 is 0 Å². The van der Waals surface area contributed by atoms with Crippen molar-refractivity contribution in [3.8, 4) is 0 Å². The van der Waals surface area contributed by atoms with Gasteiger partial charge in [0.05, 0.1) is 16.8 Å². The van der Waals surface area contributed by atoms with Crippen LogP contribution in [0.1, 0.15) is 22.1 Å². The number of imidazole rings is 1. The Morgan fingerprint density at radius 1 is 1.08 bits per heavy atom. The second-order valence-corrected chi connectivity index (χ2v) is 8.07. The van der Waals surface area contributed by atoms with Gasteiger partial charge in [-0.1, -0.05) is 23.9 Å². The lowest BCUT2D eigenvalue weighted by molar-refractivity contribution is 0.875. The molecule has 0 aliphatic heterocycles. The highest BCUT2D eigenvalue weighted by Gasteiger charge is 2.15. The second kappa shape index (κ2) is 5.86. The number of aromatic nitrogens is 4. The second-order valence-electron chi connectivity index (χ2n) is 5.90. The number of benzene rings is 1. The maximum absolute atomic E-state index is 4.76. The first kappa shape index (κ1) is 15.6. The zero-order valence-electron chi connectivity index (χ0n) is 14.1. The highest BCUT2D eigenvalue weighted by atomic mass is 32.2. The van der Waals surface area contributed by atoms with Crippen LogP contribution in [0.15, 0.2) is 29.3 Å². The summed E-state index contributed by atoms with van der Waals surface area (Å²) in [6, 6.07) is 8.25. The molecule has 0 unspecified atom stereocenters. The van der Waals surface area contributed by atoms with E-state index < -0.39 is 0 Å². The Balaban J connectivity index is 1.73. The molecule has 0 aliphatic rings. The predicted molar refractivity (Wildman–Crippen MR) is 102 cm³/mol.